The second-order valence-electron chi connectivity index (χ2n) is 5.76. The first kappa shape index (κ1) is 15.0. The van der Waals surface area contributed by atoms with E-state index in [0.717, 1.165) is 23.6 Å². The Balaban J connectivity index is 2.03. The van der Waals surface area contributed by atoms with Crippen LogP contribution in [0.4, 0.5) is 5.69 Å². The van der Waals surface area contributed by atoms with Crippen LogP contribution in [0.2, 0.25) is 0 Å². The molecule has 1 aliphatic rings. The number of benzene rings is 1. The SMILES string of the molecule is CCC1CCCCC1NCc1cccc([N+](=O)[O-])c1C. The molecular formula is C16H24N2O2. The molecule has 20 heavy (non-hydrogen) atoms. The first-order valence-electron chi connectivity index (χ1n) is 7.59. The van der Waals surface area contributed by atoms with E-state index in [9.17, 15) is 10.1 Å². The van der Waals surface area contributed by atoms with E-state index in [2.05, 4.69) is 12.2 Å². The fourth-order valence-corrected chi connectivity index (χ4v) is 3.27. The third-order valence-corrected chi connectivity index (χ3v) is 4.60. The minimum absolute atomic E-state index is 0.222. The van der Waals surface area contributed by atoms with Crippen LogP contribution in [0.5, 0.6) is 0 Å². The van der Waals surface area contributed by atoms with Gasteiger partial charge in [-0.15, -0.1) is 0 Å². The van der Waals surface area contributed by atoms with Crippen molar-refractivity contribution in [2.45, 2.75) is 58.5 Å². The summed E-state index contributed by atoms with van der Waals surface area (Å²) in [5.41, 5.74) is 2.05. The van der Waals surface area contributed by atoms with E-state index in [1.807, 2.05) is 13.0 Å². The van der Waals surface area contributed by atoms with Crippen LogP contribution in [-0.4, -0.2) is 11.0 Å². The zero-order chi connectivity index (χ0) is 14.5. The van der Waals surface area contributed by atoms with Gasteiger partial charge in [0, 0.05) is 24.2 Å². The fraction of sp³-hybridized carbons (Fsp3) is 0.625. The predicted molar refractivity (Wildman–Crippen MR) is 80.7 cm³/mol. The Morgan fingerprint density at radius 1 is 1.35 bits per heavy atom. The van der Waals surface area contributed by atoms with Crippen LogP contribution in [0, 0.1) is 23.0 Å². The lowest BCUT2D eigenvalue weighted by molar-refractivity contribution is -0.385. The van der Waals surface area contributed by atoms with Crippen LogP contribution in [-0.2, 0) is 6.54 Å². The van der Waals surface area contributed by atoms with Gasteiger partial charge in [-0.25, -0.2) is 0 Å². The molecule has 1 aromatic rings. The summed E-state index contributed by atoms with van der Waals surface area (Å²) in [4.78, 5) is 10.7. The molecule has 4 heteroatoms. The van der Waals surface area contributed by atoms with E-state index in [0.29, 0.717) is 6.04 Å². The molecule has 1 aliphatic carbocycles. The van der Waals surface area contributed by atoms with Gasteiger partial charge in [0.1, 0.15) is 0 Å². The highest BCUT2D eigenvalue weighted by atomic mass is 16.6. The molecule has 0 aromatic heterocycles. The summed E-state index contributed by atoms with van der Waals surface area (Å²) in [6, 6.07) is 5.90. The molecular weight excluding hydrogens is 252 g/mol. The van der Waals surface area contributed by atoms with Gasteiger partial charge >= 0.3 is 0 Å². The first-order valence-corrected chi connectivity index (χ1v) is 7.59. The van der Waals surface area contributed by atoms with Gasteiger partial charge in [0.15, 0.2) is 0 Å². The minimum Gasteiger partial charge on any atom is -0.310 e. The number of rotatable bonds is 5. The molecule has 1 aromatic carbocycles. The summed E-state index contributed by atoms with van der Waals surface area (Å²) in [7, 11) is 0. The number of hydrogen-bond donors (Lipinski definition) is 1. The Morgan fingerprint density at radius 3 is 2.80 bits per heavy atom. The molecule has 2 atom stereocenters. The molecule has 0 bridgehead atoms. The molecule has 0 aliphatic heterocycles. The van der Waals surface area contributed by atoms with Crippen molar-refractivity contribution in [2.75, 3.05) is 0 Å². The summed E-state index contributed by atoms with van der Waals surface area (Å²) in [5, 5.41) is 14.6. The van der Waals surface area contributed by atoms with Gasteiger partial charge < -0.3 is 5.32 Å². The van der Waals surface area contributed by atoms with Gasteiger partial charge in [-0.1, -0.05) is 38.3 Å². The molecule has 0 saturated heterocycles. The maximum atomic E-state index is 11.0. The van der Waals surface area contributed by atoms with E-state index in [-0.39, 0.29) is 10.6 Å². The lowest BCUT2D eigenvalue weighted by atomic mass is 9.83. The largest absolute Gasteiger partial charge is 0.310 e. The Labute approximate surface area is 120 Å². The zero-order valence-electron chi connectivity index (χ0n) is 12.4. The predicted octanol–water partition coefficient (Wildman–Crippen LogP) is 3.96. The summed E-state index contributed by atoms with van der Waals surface area (Å²) >= 11 is 0. The molecule has 0 heterocycles. The van der Waals surface area contributed by atoms with Crippen molar-refractivity contribution in [3.8, 4) is 0 Å². The highest BCUT2D eigenvalue weighted by Crippen LogP contribution is 2.27. The lowest BCUT2D eigenvalue weighted by Gasteiger charge is -2.31. The number of nitrogens with zero attached hydrogens (tertiary/aromatic N) is 1. The van der Waals surface area contributed by atoms with E-state index in [1.54, 1.807) is 12.1 Å². The highest BCUT2D eigenvalue weighted by Gasteiger charge is 2.23. The lowest BCUT2D eigenvalue weighted by Crippen LogP contribution is -2.38. The van der Waals surface area contributed by atoms with E-state index >= 15 is 0 Å². The fourth-order valence-electron chi connectivity index (χ4n) is 3.27. The van der Waals surface area contributed by atoms with Gasteiger partial charge in [-0.3, -0.25) is 10.1 Å². The van der Waals surface area contributed by atoms with Crippen LogP contribution in [0.3, 0.4) is 0 Å². The number of nitro groups is 1. The normalized spacial score (nSPS) is 22.7. The Kier molecular flexibility index (Phi) is 5.12. The Morgan fingerprint density at radius 2 is 2.10 bits per heavy atom. The second kappa shape index (κ2) is 6.84. The summed E-state index contributed by atoms with van der Waals surface area (Å²) < 4.78 is 0. The zero-order valence-corrected chi connectivity index (χ0v) is 12.4. The van der Waals surface area contributed by atoms with E-state index in [1.165, 1.54) is 32.1 Å². The summed E-state index contributed by atoms with van der Waals surface area (Å²) in [6.45, 7) is 4.82. The molecule has 1 saturated carbocycles. The highest BCUT2D eigenvalue weighted by molar-refractivity contribution is 5.44. The van der Waals surface area contributed by atoms with Crippen LogP contribution in [0.25, 0.3) is 0 Å². The molecule has 2 unspecified atom stereocenters. The molecule has 2 rings (SSSR count). The van der Waals surface area contributed by atoms with Crippen molar-refractivity contribution in [1.29, 1.82) is 0 Å². The standard InChI is InChI=1S/C16H24N2O2/c1-3-13-7-4-5-9-15(13)17-11-14-8-6-10-16(12(14)2)18(19)20/h6,8,10,13,15,17H,3-5,7,9,11H2,1-2H3. The third-order valence-electron chi connectivity index (χ3n) is 4.60. The van der Waals surface area contributed by atoms with Crippen LogP contribution >= 0.6 is 0 Å². The van der Waals surface area contributed by atoms with Gasteiger partial charge in [-0.05, 0) is 31.2 Å². The summed E-state index contributed by atoms with van der Waals surface area (Å²) in [5.74, 6) is 0.753. The molecule has 0 amide bonds. The van der Waals surface area contributed by atoms with Crippen LogP contribution in [0.15, 0.2) is 18.2 Å². The number of hydrogen-bond acceptors (Lipinski definition) is 3. The first-order chi connectivity index (χ1) is 9.63. The average molecular weight is 276 g/mol. The topological polar surface area (TPSA) is 55.2 Å². The van der Waals surface area contributed by atoms with Gasteiger partial charge in [0.25, 0.3) is 5.69 Å². The van der Waals surface area contributed by atoms with Gasteiger partial charge in [0.2, 0.25) is 0 Å². The minimum atomic E-state index is -0.297. The number of nitrogens with one attached hydrogen (secondary N) is 1. The van der Waals surface area contributed by atoms with Gasteiger partial charge in [0.05, 0.1) is 4.92 Å². The molecule has 0 radical (unpaired) electrons. The molecule has 1 fully saturated rings. The quantitative estimate of drug-likeness (QED) is 0.654. The molecule has 110 valence electrons. The number of nitro benzene ring substituents is 1. The van der Waals surface area contributed by atoms with Crippen molar-refractivity contribution >= 4 is 5.69 Å². The summed E-state index contributed by atoms with van der Waals surface area (Å²) in [6.07, 6.45) is 6.38. The van der Waals surface area contributed by atoms with Crippen molar-refractivity contribution in [2.24, 2.45) is 5.92 Å². The Bertz CT molecular complexity index is 474. The molecule has 4 nitrogen and oxygen atoms in total. The maximum absolute atomic E-state index is 11.0. The Hall–Kier alpha value is -1.42. The monoisotopic (exact) mass is 276 g/mol. The van der Waals surface area contributed by atoms with Crippen molar-refractivity contribution in [1.82, 2.24) is 5.32 Å². The third kappa shape index (κ3) is 3.37. The van der Waals surface area contributed by atoms with E-state index < -0.39 is 0 Å². The van der Waals surface area contributed by atoms with Crippen molar-refractivity contribution in [3.63, 3.8) is 0 Å². The smallest absolute Gasteiger partial charge is 0.272 e. The van der Waals surface area contributed by atoms with Crippen LogP contribution in [0.1, 0.15) is 50.2 Å². The second-order valence-corrected chi connectivity index (χ2v) is 5.76. The van der Waals surface area contributed by atoms with Crippen molar-refractivity contribution in [3.05, 3.63) is 39.4 Å². The maximum Gasteiger partial charge on any atom is 0.272 e. The van der Waals surface area contributed by atoms with Crippen molar-refractivity contribution < 1.29 is 4.92 Å². The molecule has 0 spiro atoms. The average Bonchev–Trinajstić information content (AvgIpc) is 2.46. The van der Waals surface area contributed by atoms with Gasteiger partial charge in [-0.2, -0.15) is 0 Å². The van der Waals surface area contributed by atoms with Crippen LogP contribution < -0.4 is 5.32 Å². The van der Waals surface area contributed by atoms with E-state index in [4.69, 9.17) is 0 Å². The molecule has 1 N–H and O–H groups in total.